The van der Waals surface area contributed by atoms with Crippen molar-refractivity contribution in [3.63, 3.8) is 0 Å². The molecule has 0 spiro atoms. The summed E-state index contributed by atoms with van der Waals surface area (Å²) in [6, 6.07) is 17.9. The highest BCUT2D eigenvalue weighted by Crippen LogP contribution is 2.34. The van der Waals surface area contributed by atoms with E-state index in [1.54, 1.807) is 54.6 Å². The van der Waals surface area contributed by atoms with Gasteiger partial charge in [-0.1, -0.05) is 42.0 Å². The monoisotopic (exact) mass is 464 g/mol. The van der Waals surface area contributed by atoms with Gasteiger partial charge in [0.15, 0.2) is 0 Å². The van der Waals surface area contributed by atoms with Crippen LogP contribution in [0.3, 0.4) is 0 Å². The molecule has 4 rings (SSSR count). The number of aromatic carboxylic acids is 1. The van der Waals surface area contributed by atoms with E-state index in [1.807, 2.05) is 6.07 Å². The SMILES string of the molecule is N#Cc1ccc(/C=C/c2cccc(S(=O)(=O)N3CCc4cc(Cl)ccc43)c2)c(C(=O)O)c1. The lowest BCUT2D eigenvalue weighted by atomic mass is 10.0. The van der Waals surface area contributed by atoms with E-state index in [2.05, 4.69) is 0 Å². The van der Waals surface area contributed by atoms with Crippen LogP contribution in [0.25, 0.3) is 12.2 Å². The van der Waals surface area contributed by atoms with Crippen LogP contribution in [0.1, 0.15) is 32.6 Å². The summed E-state index contributed by atoms with van der Waals surface area (Å²) in [6.45, 7) is 0.339. The van der Waals surface area contributed by atoms with Crippen LogP contribution in [0.4, 0.5) is 5.69 Å². The summed E-state index contributed by atoms with van der Waals surface area (Å²) in [5.41, 5.74) is 2.77. The van der Waals surface area contributed by atoms with E-state index < -0.39 is 16.0 Å². The lowest BCUT2D eigenvalue weighted by Crippen LogP contribution is -2.29. The van der Waals surface area contributed by atoms with Crippen molar-refractivity contribution in [3.05, 3.63) is 93.5 Å². The number of halogens is 1. The van der Waals surface area contributed by atoms with Crippen LogP contribution in [-0.4, -0.2) is 26.0 Å². The first kappa shape index (κ1) is 21.6. The van der Waals surface area contributed by atoms with Gasteiger partial charge in [0.25, 0.3) is 10.0 Å². The number of carboxylic acid groups (broad SMARTS) is 1. The molecule has 0 saturated carbocycles. The first-order valence-corrected chi connectivity index (χ1v) is 11.5. The molecule has 0 fully saturated rings. The lowest BCUT2D eigenvalue weighted by Gasteiger charge is -2.20. The van der Waals surface area contributed by atoms with Crippen molar-refractivity contribution in [2.24, 2.45) is 0 Å². The minimum absolute atomic E-state index is 0.00332. The quantitative estimate of drug-likeness (QED) is 0.545. The van der Waals surface area contributed by atoms with E-state index in [4.69, 9.17) is 16.9 Å². The molecule has 0 radical (unpaired) electrons. The maximum absolute atomic E-state index is 13.3. The Labute approximate surface area is 190 Å². The lowest BCUT2D eigenvalue weighted by molar-refractivity contribution is 0.0696. The average molecular weight is 465 g/mol. The summed E-state index contributed by atoms with van der Waals surface area (Å²) in [5.74, 6) is -1.15. The average Bonchev–Trinajstić information content (AvgIpc) is 3.21. The minimum Gasteiger partial charge on any atom is -0.478 e. The van der Waals surface area contributed by atoms with Crippen molar-refractivity contribution in [1.29, 1.82) is 5.26 Å². The molecule has 6 nitrogen and oxygen atoms in total. The molecule has 3 aromatic carbocycles. The summed E-state index contributed by atoms with van der Waals surface area (Å²) in [4.78, 5) is 11.7. The Balaban J connectivity index is 1.66. The number of fused-ring (bicyclic) bond motifs is 1. The number of nitrogens with zero attached hydrogens (tertiary/aromatic N) is 2. The number of sulfonamides is 1. The molecule has 3 aromatic rings. The largest absolute Gasteiger partial charge is 0.478 e. The highest BCUT2D eigenvalue weighted by molar-refractivity contribution is 7.92. The summed E-state index contributed by atoms with van der Waals surface area (Å²) in [7, 11) is -3.77. The zero-order chi connectivity index (χ0) is 22.9. The minimum atomic E-state index is -3.77. The predicted molar refractivity (Wildman–Crippen MR) is 123 cm³/mol. The van der Waals surface area contributed by atoms with Gasteiger partial charge in [-0.3, -0.25) is 4.31 Å². The Kier molecular flexibility index (Phi) is 5.74. The maximum Gasteiger partial charge on any atom is 0.336 e. The number of anilines is 1. The smallest absolute Gasteiger partial charge is 0.336 e. The Hall–Kier alpha value is -3.60. The van der Waals surface area contributed by atoms with Crippen LogP contribution in [-0.2, 0) is 16.4 Å². The molecule has 0 saturated heterocycles. The summed E-state index contributed by atoms with van der Waals surface area (Å²) in [5, 5.41) is 19.0. The van der Waals surface area contributed by atoms with Crippen LogP contribution in [0, 0.1) is 11.3 Å². The van der Waals surface area contributed by atoms with Crippen molar-refractivity contribution in [1.82, 2.24) is 0 Å². The molecule has 32 heavy (non-hydrogen) atoms. The third kappa shape index (κ3) is 4.11. The highest BCUT2D eigenvalue weighted by Gasteiger charge is 2.30. The molecule has 0 atom stereocenters. The topological polar surface area (TPSA) is 98.5 Å². The van der Waals surface area contributed by atoms with E-state index >= 15 is 0 Å². The summed E-state index contributed by atoms with van der Waals surface area (Å²) in [6.07, 6.45) is 3.82. The van der Waals surface area contributed by atoms with Gasteiger partial charge in [0.05, 0.1) is 27.8 Å². The summed E-state index contributed by atoms with van der Waals surface area (Å²) >= 11 is 6.03. The van der Waals surface area contributed by atoms with E-state index in [-0.39, 0.29) is 16.0 Å². The van der Waals surface area contributed by atoms with Crippen LogP contribution < -0.4 is 4.31 Å². The molecular weight excluding hydrogens is 448 g/mol. The van der Waals surface area contributed by atoms with Gasteiger partial charge in [-0.2, -0.15) is 5.26 Å². The van der Waals surface area contributed by atoms with E-state index in [1.165, 1.54) is 22.5 Å². The number of carboxylic acids is 1. The predicted octanol–water partition coefficient (Wildman–Crippen LogP) is 4.83. The van der Waals surface area contributed by atoms with Gasteiger partial charge < -0.3 is 5.11 Å². The molecule has 160 valence electrons. The number of benzene rings is 3. The fraction of sp³-hybridized carbons (Fsp3) is 0.0833. The van der Waals surface area contributed by atoms with Gasteiger partial charge >= 0.3 is 5.97 Å². The molecule has 0 aromatic heterocycles. The molecule has 0 unspecified atom stereocenters. The standard InChI is InChI=1S/C24H17ClN2O4S/c25-20-8-9-23-19(14-20)10-11-27(23)32(30,31)21-3-1-2-16(12-21)4-6-18-7-5-17(15-26)13-22(18)24(28)29/h1-9,12-14H,10-11H2,(H,28,29)/b6-4+. The van der Waals surface area contributed by atoms with Gasteiger partial charge in [0.2, 0.25) is 0 Å². The molecule has 1 N–H and O–H groups in total. The Morgan fingerprint density at radius 2 is 1.91 bits per heavy atom. The zero-order valence-electron chi connectivity index (χ0n) is 16.7. The van der Waals surface area contributed by atoms with Crippen LogP contribution in [0.15, 0.2) is 65.6 Å². The van der Waals surface area contributed by atoms with E-state index in [0.717, 1.165) is 5.56 Å². The second kappa shape index (κ2) is 8.50. The van der Waals surface area contributed by atoms with Crippen LogP contribution >= 0.6 is 11.6 Å². The van der Waals surface area contributed by atoms with E-state index in [9.17, 15) is 18.3 Å². The number of carbonyl (C=O) groups is 1. The van der Waals surface area contributed by atoms with Crippen molar-refractivity contribution >= 4 is 45.4 Å². The normalized spacial score (nSPS) is 13.2. The van der Waals surface area contributed by atoms with Gasteiger partial charge in [-0.05, 0) is 65.6 Å². The molecule has 1 heterocycles. The van der Waals surface area contributed by atoms with Crippen LogP contribution in [0.2, 0.25) is 5.02 Å². The van der Waals surface area contributed by atoms with Crippen molar-refractivity contribution in [2.45, 2.75) is 11.3 Å². The molecule has 1 aliphatic heterocycles. The third-order valence-electron chi connectivity index (χ3n) is 5.21. The molecule has 0 aliphatic carbocycles. The van der Waals surface area contributed by atoms with Crippen molar-refractivity contribution in [3.8, 4) is 6.07 Å². The van der Waals surface area contributed by atoms with Crippen LogP contribution in [0.5, 0.6) is 0 Å². The number of hydrogen-bond acceptors (Lipinski definition) is 4. The Morgan fingerprint density at radius 3 is 2.66 bits per heavy atom. The molecule has 0 amide bonds. The van der Waals surface area contributed by atoms with E-state index in [0.29, 0.717) is 34.8 Å². The second-order valence-corrected chi connectivity index (χ2v) is 9.52. The Morgan fingerprint density at radius 1 is 1.09 bits per heavy atom. The van der Waals surface area contributed by atoms with Crippen molar-refractivity contribution in [2.75, 3.05) is 10.8 Å². The first-order chi connectivity index (χ1) is 15.3. The zero-order valence-corrected chi connectivity index (χ0v) is 18.3. The molecule has 0 bridgehead atoms. The Bertz CT molecular complexity index is 1410. The van der Waals surface area contributed by atoms with Gasteiger partial charge in [0, 0.05) is 11.6 Å². The third-order valence-corrected chi connectivity index (χ3v) is 7.25. The van der Waals surface area contributed by atoms with Gasteiger partial charge in [-0.25, -0.2) is 13.2 Å². The maximum atomic E-state index is 13.3. The number of rotatable bonds is 5. The van der Waals surface area contributed by atoms with Gasteiger partial charge in [0.1, 0.15) is 0 Å². The first-order valence-electron chi connectivity index (χ1n) is 9.66. The fourth-order valence-electron chi connectivity index (χ4n) is 3.64. The number of hydrogen-bond donors (Lipinski definition) is 1. The molecule has 1 aliphatic rings. The molecule has 8 heteroatoms. The highest BCUT2D eigenvalue weighted by atomic mass is 35.5. The van der Waals surface area contributed by atoms with Gasteiger partial charge in [-0.15, -0.1) is 0 Å². The fourth-order valence-corrected chi connectivity index (χ4v) is 5.39. The number of nitriles is 1. The summed E-state index contributed by atoms with van der Waals surface area (Å²) < 4.78 is 27.9. The second-order valence-electron chi connectivity index (χ2n) is 7.23. The molecular formula is C24H17ClN2O4S. The van der Waals surface area contributed by atoms with Crippen molar-refractivity contribution < 1.29 is 18.3 Å².